The van der Waals surface area contributed by atoms with Crippen molar-refractivity contribution >= 4 is 47.1 Å². The fourth-order valence-electron chi connectivity index (χ4n) is 2.67. The monoisotopic (exact) mass is 412 g/mol. The fourth-order valence-corrected chi connectivity index (χ4v) is 2.98. The molecule has 0 N–H and O–H groups in total. The summed E-state index contributed by atoms with van der Waals surface area (Å²) in [6.45, 7) is 3.52. The predicted octanol–water partition coefficient (Wildman–Crippen LogP) is 3.02. The van der Waals surface area contributed by atoms with Crippen LogP contribution in [0, 0.1) is 0 Å². The highest BCUT2D eigenvalue weighted by Gasteiger charge is 2.23. The molecule has 0 unspecified atom stereocenters. The van der Waals surface area contributed by atoms with Crippen molar-refractivity contribution in [1.82, 2.24) is 9.80 Å². The Hall–Kier alpha value is -2.05. The Morgan fingerprint density at radius 2 is 1.96 bits per heavy atom. The third kappa shape index (κ3) is 6.56. The molecule has 0 aliphatic carbocycles. The van der Waals surface area contributed by atoms with Crippen molar-refractivity contribution in [3.63, 3.8) is 0 Å². The van der Waals surface area contributed by atoms with E-state index in [9.17, 15) is 14.4 Å². The lowest BCUT2D eigenvalue weighted by Gasteiger charge is -2.21. The summed E-state index contributed by atoms with van der Waals surface area (Å²) in [4.78, 5) is 39.3. The molecule has 0 saturated carbocycles. The molecule has 0 bridgehead atoms. The molecule has 1 saturated heterocycles. The number of carbonyl (C=O) groups excluding carboxylic acids is 3. The van der Waals surface area contributed by atoms with E-state index in [-0.39, 0.29) is 30.6 Å². The number of hydrogen-bond acceptors (Lipinski definition) is 4. The maximum atomic E-state index is 12.4. The third-order valence-corrected chi connectivity index (χ3v) is 4.89. The number of hydrogen-bond donors (Lipinski definition) is 0. The molecule has 27 heavy (non-hydrogen) atoms. The minimum atomic E-state index is -0.327. The number of nitrogens with zero attached hydrogens (tertiary/aromatic N) is 2. The average molecular weight is 413 g/mol. The molecule has 6 nitrogen and oxygen atoms in total. The van der Waals surface area contributed by atoms with Gasteiger partial charge in [-0.1, -0.05) is 29.3 Å². The van der Waals surface area contributed by atoms with Crippen LogP contribution in [0.1, 0.15) is 25.3 Å². The van der Waals surface area contributed by atoms with E-state index in [0.717, 1.165) is 5.56 Å². The highest BCUT2D eigenvalue weighted by molar-refractivity contribution is 6.42. The Labute approximate surface area is 168 Å². The molecule has 0 radical (unpaired) electrons. The Kier molecular flexibility index (Phi) is 8.13. The highest BCUT2D eigenvalue weighted by Crippen LogP contribution is 2.23. The summed E-state index contributed by atoms with van der Waals surface area (Å²) in [6.07, 6.45) is 3.51. The zero-order valence-electron chi connectivity index (χ0n) is 15.1. The van der Waals surface area contributed by atoms with Gasteiger partial charge in [-0.25, -0.2) is 0 Å². The van der Waals surface area contributed by atoms with Crippen LogP contribution in [0.3, 0.4) is 0 Å². The lowest BCUT2D eigenvalue weighted by atomic mass is 10.2. The number of rotatable bonds is 6. The molecule has 1 aromatic rings. The summed E-state index contributed by atoms with van der Waals surface area (Å²) < 4.78 is 4.88. The molecule has 0 spiro atoms. The number of esters is 1. The van der Waals surface area contributed by atoms with E-state index < -0.39 is 0 Å². The SMILES string of the molecule is CCOC(=O)CCN1CCN(C(=O)/C=C/c2ccc(Cl)c(Cl)c2)CCC1=O. The topological polar surface area (TPSA) is 66.9 Å². The molecule has 8 heteroatoms. The van der Waals surface area contributed by atoms with Crippen LogP contribution in [0.4, 0.5) is 0 Å². The van der Waals surface area contributed by atoms with Gasteiger partial charge in [0.2, 0.25) is 11.8 Å². The minimum absolute atomic E-state index is 0.0666. The molecule has 1 aliphatic heterocycles. The van der Waals surface area contributed by atoms with Gasteiger partial charge < -0.3 is 14.5 Å². The van der Waals surface area contributed by atoms with E-state index in [2.05, 4.69) is 0 Å². The highest BCUT2D eigenvalue weighted by atomic mass is 35.5. The van der Waals surface area contributed by atoms with Gasteiger partial charge in [0.05, 0.1) is 23.1 Å². The summed E-state index contributed by atoms with van der Waals surface area (Å²) in [5.74, 6) is -0.573. The lowest BCUT2D eigenvalue weighted by Crippen LogP contribution is -2.36. The standard InChI is InChI=1S/C19H22Cl2N2O4/c1-2-27-19(26)8-10-23-12-11-22(9-7-18(23)25)17(24)6-4-14-3-5-15(20)16(21)13-14/h3-6,13H,2,7-12H2,1H3/b6-4+. The average Bonchev–Trinajstić information content (AvgIpc) is 2.82. The maximum Gasteiger partial charge on any atom is 0.307 e. The molecule has 1 fully saturated rings. The van der Waals surface area contributed by atoms with Gasteiger partial charge in [0.1, 0.15) is 0 Å². The largest absolute Gasteiger partial charge is 0.466 e. The van der Waals surface area contributed by atoms with Crippen LogP contribution in [0.15, 0.2) is 24.3 Å². The Bertz CT molecular complexity index is 736. The van der Waals surface area contributed by atoms with Crippen molar-refractivity contribution in [2.75, 3.05) is 32.8 Å². The van der Waals surface area contributed by atoms with Crippen LogP contribution >= 0.6 is 23.2 Å². The summed E-state index contributed by atoms with van der Waals surface area (Å²) in [7, 11) is 0. The van der Waals surface area contributed by atoms with Crippen LogP contribution in [0.25, 0.3) is 6.08 Å². The van der Waals surface area contributed by atoms with Crippen molar-refractivity contribution in [3.05, 3.63) is 39.9 Å². The van der Waals surface area contributed by atoms with E-state index in [0.29, 0.717) is 42.8 Å². The second-order valence-corrected chi connectivity index (χ2v) is 6.83. The van der Waals surface area contributed by atoms with E-state index in [1.54, 1.807) is 41.0 Å². The fraction of sp³-hybridized carbons (Fsp3) is 0.421. The quantitative estimate of drug-likeness (QED) is 0.531. The molecule has 0 atom stereocenters. The van der Waals surface area contributed by atoms with E-state index in [1.165, 1.54) is 6.08 Å². The van der Waals surface area contributed by atoms with Gasteiger partial charge >= 0.3 is 5.97 Å². The predicted molar refractivity (Wildman–Crippen MR) is 105 cm³/mol. The number of ether oxygens (including phenoxy) is 1. The van der Waals surface area contributed by atoms with Crippen LogP contribution in [0.2, 0.25) is 10.0 Å². The number of halogens is 2. The molecule has 1 aromatic carbocycles. The maximum absolute atomic E-state index is 12.4. The van der Waals surface area contributed by atoms with E-state index >= 15 is 0 Å². The molecule has 2 rings (SSSR count). The zero-order valence-corrected chi connectivity index (χ0v) is 16.6. The van der Waals surface area contributed by atoms with Gasteiger partial charge in [0.25, 0.3) is 0 Å². The van der Waals surface area contributed by atoms with Gasteiger partial charge in [-0.15, -0.1) is 0 Å². The van der Waals surface area contributed by atoms with Crippen molar-refractivity contribution in [1.29, 1.82) is 0 Å². The molecule has 146 valence electrons. The van der Waals surface area contributed by atoms with Crippen molar-refractivity contribution in [3.8, 4) is 0 Å². The third-order valence-electron chi connectivity index (χ3n) is 4.15. The van der Waals surface area contributed by atoms with Gasteiger partial charge in [-0.05, 0) is 30.7 Å². The van der Waals surface area contributed by atoms with Crippen LogP contribution < -0.4 is 0 Å². The van der Waals surface area contributed by atoms with E-state index in [4.69, 9.17) is 27.9 Å². The molecular formula is C19H22Cl2N2O4. The van der Waals surface area contributed by atoms with Crippen molar-refractivity contribution < 1.29 is 19.1 Å². The van der Waals surface area contributed by atoms with Gasteiger partial charge in [-0.2, -0.15) is 0 Å². The Balaban J connectivity index is 1.90. The lowest BCUT2D eigenvalue weighted by molar-refractivity contribution is -0.144. The first-order valence-electron chi connectivity index (χ1n) is 8.76. The Morgan fingerprint density at radius 1 is 1.19 bits per heavy atom. The number of amides is 2. The first-order valence-corrected chi connectivity index (χ1v) is 9.51. The summed E-state index contributed by atoms with van der Waals surface area (Å²) >= 11 is 11.8. The normalized spacial score (nSPS) is 15.1. The first kappa shape index (κ1) is 21.3. The number of carbonyl (C=O) groups is 3. The summed E-state index contributed by atoms with van der Waals surface area (Å²) in [5.41, 5.74) is 0.764. The van der Waals surface area contributed by atoms with Crippen molar-refractivity contribution in [2.24, 2.45) is 0 Å². The van der Waals surface area contributed by atoms with Crippen LogP contribution in [-0.2, 0) is 19.1 Å². The molecule has 1 heterocycles. The summed E-state index contributed by atoms with van der Waals surface area (Å²) in [5, 5.41) is 0.873. The van der Waals surface area contributed by atoms with Gasteiger partial charge in [0.15, 0.2) is 0 Å². The number of benzene rings is 1. The second kappa shape index (κ2) is 10.3. The molecular weight excluding hydrogens is 391 g/mol. The van der Waals surface area contributed by atoms with Gasteiger partial charge in [0, 0.05) is 38.7 Å². The van der Waals surface area contributed by atoms with Crippen LogP contribution in [-0.4, -0.2) is 60.4 Å². The zero-order chi connectivity index (χ0) is 19.8. The molecule has 1 aliphatic rings. The smallest absolute Gasteiger partial charge is 0.307 e. The van der Waals surface area contributed by atoms with Crippen molar-refractivity contribution in [2.45, 2.75) is 19.8 Å². The second-order valence-electron chi connectivity index (χ2n) is 6.02. The van der Waals surface area contributed by atoms with E-state index in [1.807, 2.05) is 0 Å². The summed E-state index contributed by atoms with van der Waals surface area (Å²) in [6, 6.07) is 5.11. The first-order chi connectivity index (χ1) is 12.9. The Morgan fingerprint density at radius 3 is 2.67 bits per heavy atom. The van der Waals surface area contributed by atoms with Gasteiger partial charge in [-0.3, -0.25) is 14.4 Å². The molecule has 2 amide bonds. The minimum Gasteiger partial charge on any atom is -0.466 e. The van der Waals surface area contributed by atoms with Crippen LogP contribution in [0.5, 0.6) is 0 Å². The molecule has 0 aromatic heterocycles.